The summed E-state index contributed by atoms with van der Waals surface area (Å²) in [4.78, 5) is 0. The Morgan fingerprint density at radius 2 is 2.22 bits per heavy atom. The van der Waals surface area contributed by atoms with Crippen molar-refractivity contribution in [2.24, 2.45) is 0 Å². The SMILES string of the molecule is COc1ccccc1-n1nc2c(c1Cl)COCC2. The molecule has 2 heterocycles. The standard InChI is InChI=1S/C13H13ClN2O2/c1-17-12-5-3-2-4-11(12)16-13(14)9-8-18-7-6-10(9)15-16/h2-5H,6-8H2,1H3. The zero-order chi connectivity index (χ0) is 12.5. The quantitative estimate of drug-likeness (QED) is 0.837. The summed E-state index contributed by atoms with van der Waals surface area (Å²) >= 11 is 6.37. The Balaban J connectivity index is 2.14. The molecule has 94 valence electrons. The number of nitrogens with zero attached hydrogens (tertiary/aromatic N) is 2. The topological polar surface area (TPSA) is 36.3 Å². The average Bonchev–Trinajstić information content (AvgIpc) is 2.76. The zero-order valence-electron chi connectivity index (χ0n) is 10.0. The lowest BCUT2D eigenvalue weighted by Crippen LogP contribution is -2.08. The molecule has 4 nitrogen and oxygen atoms in total. The second-order valence-electron chi connectivity index (χ2n) is 4.10. The van der Waals surface area contributed by atoms with Gasteiger partial charge in [0.25, 0.3) is 0 Å². The molecule has 1 aliphatic heterocycles. The number of hydrogen-bond donors (Lipinski definition) is 0. The van der Waals surface area contributed by atoms with Crippen molar-refractivity contribution in [2.75, 3.05) is 13.7 Å². The molecule has 0 unspecified atom stereocenters. The normalized spacial score (nSPS) is 14.3. The number of ether oxygens (including phenoxy) is 2. The fraction of sp³-hybridized carbons (Fsp3) is 0.308. The molecule has 1 aromatic carbocycles. The van der Waals surface area contributed by atoms with E-state index in [0.29, 0.717) is 18.4 Å². The number of halogens is 1. The predicted octanol–water partition coefficient (Wildman–Crippen LogP) is 2.61. The monoisotopic (exact) mass is 264 g/mol. The van der Waals surface area contributed by atoms with Crippen LogP contribution in [-0.2, 0) is 17.8 Å². The summed E-state index contributed by atoms with van der Waals surface area (Å²) in [7, 11) is 1.64. The van der Waals surface area contributed by atoms with E-state index in [0.717, 1.165) is 29.1 Å². The molecular formula is C13H13ClN2O2. The van der Waals surface area contributed by atoms with Crippen LogP contribution in [0.1, 0.15) is 11.3 Å². The van der Waals surface area contributed by atoms with Crippen molar-refractivity contribution in [2.45, 2.75) is 13.0 Å². The third-order valence-corrected chi connectivity index (χ3v) is 3.44. The molecular weight excluding hydrogens is 252 g/mol. The van der Waals surface area contributed by atoms with E-state index in [1.807, 2.05) is 24.3 Å². The summed E-state index contributed by atoms with van der Waals surface area (Å²) in [5.41, 5.74) is 2.84. The van der Waals surface area contributed by atoms with Gasteiger partial charge in [-0.25, -0.2) is 4.68 Å². The van der Waals surface area contributed by atoms with Gasteiger partial charge >= 0.3 is 0 Å². The van der Waals surface area contributed by atoms with Gasteiger partial charge in [-0.1, -0.05) is 23.7 Å². The van der Waals surface area contributed by atoms with E-state index in [9.17, 15) is 0 Å². The molecule has 0 radical (unpaired) electrons. The van der Waals surface area contributed by atoms with Crippen LogP contribution in [0.3, 0.4) is 0 Å². The maximum atomic E-state index is 6.37. The molecule has 1 aliphatic rings. The number of fused-ring (bicyclic) bond motifs is 1. The minimum Gasteiger partial charge on any atom is -0.494 e. The summed E-state index contributed by atoms with van der Waals surface area (Å²) in [6.07, 6.45) is 0.803. The van der Waals surface area contributed by atoms with E-state index < -0.39 is 0 Å². The van der Waals surface area contributed by atoms with Crippen LogP contribution in [0.25, 0.3) is 5.69 Å². The Hall–Kier alpha value is -1.52. The summed E-state index contributed by atoms with van der Waals surface area (Å²) in [5, 5.41) is 5.16. The molecule has 0 amide bonds. The first kappa shape index (κ1) is 11.6. The molecule has 1 aromatic heterocycles. The van der Waals surface area contributed by atoms with E-state index in [2.05, 4.69) is 5.10 Å². The Morgan fingerprint density at radius 1 is 1.39 bits per heavy atom. The van der Waals surface area contributed by atoms with Gasteiger partial charge in [-0.05, 0) is 12.1 Å². The van der Waals surface area contributed by atoms with Crippen molar-refractivity contribution < 1.29 is 9.47 Å². The average molecular weight is 265 g/mol. The maximum Gasteiger partial charge on any atom is 0.144 e. The lowest BCUT2D eigenvalue weighted by Gasteiger charge is -2.10. The van der Waals surface area contributed by atoms with E-state index in [1.165, 1.54) is 0 Å². The van der Waals surface area contributed by atoms with E-state index in [4.69, 9.17) is 21.1 Å². The molecule has 0 saturated heterocycles. The fourth-order valence-corrected chi connectivity index (χ4v) is 2.42. The Kier molecular flexibility index (Phi) is 2.97. The van der Waals surface area contributed by atoms with Crippen molar-refractivity contribution in [3.63, 3.8) is 0 Å². The molecule has 0 N–H and O–H groups in total. The predicted molar refractivity (Wildman–Crippen MR) is 68.5 cm³/mol. The Bertz CT molecular complexity index is 580. The highest BCUT2D eigenvalue weighted by molar-refractivity contribution is 6.30. The van der Waals surface area contributed by atoms with E-state index in [-0.39, 0.29) is 0 Å². The number of hydrogen-bond acceptors (Lipinski definition) is 3. The van der Waals surface area contributed by atoms with Crippen molar-refractivity contribution in [3.05, 3.63) is 40.7 Å². The minimum absolute atomic E-state index is 0.531. The third kappa shape index (κ3) is 1.78. The zero-order valence-corrected chi connectivity index (χ0v) is 10.8. The number of para-hydroxylation sites is 2. The highest BCUT2D eigenvalue weighted by atomic mass is 35.5. The third-order valence-electron chi connectivity index (χ3n) is 3.05. The van der Waals surface area contributed by atoms with E-state index >= 15 is 0 Å². The van der Waals surface area contributed by atoms with Gasteiger partial charge in [0.1, 0.15) is 16.6 Å². The lowest BCUT2D eigenvalue weighted by molar-refractivity contribution is 0.110. The molecule has 2 aromatic rings. The minimum atomic E-state index is 0.531. The lowest BCUT2D eigenvalue weighted by atomic mass is 10.2. The molecule has 18 heavy (non-hydrogen) atoms. The largest absolute Gasteiger partial charge is 0.494 e. The molecule has 3 rings (SSSR count). The van der Waals surface area contributed by atoms with Gasteiger partial charge in [0, 0.05) is 12.0 Å². The van der Waals surface area contributed by atoms with Crippen LogP contribution in [0.2, 0.25) is 5.15 Å². The Morgan fingerprint density at radius 3 is 3.00 bits per heavy atom. The van der Waals surface area contributed by atoms with Gasteiger partial charge in [0.2, 0.25) is 0 Å². The number of rotatable bonds is 2. The number of aromatic nitrogens is 2. The van der Waals surface area contributed by atoms with Crippen LogP contribution in [0.4, 0.5) is 0 Å². The summed E-state index contributed by atoms with van der Waals surface area (Å²) in [5.74, 6) is 0.750. The summed E-state index contributed by atoms with van der Waals surface area (Å²) < 4.78 is 12.5. The maximum absolute atomic E-state index is 6.37. The molecule has 0 saturated carbocycles. The smallest absolute Gasteiger partial charge is 0.144 e. The van der Waals surface area contributed by atoms with Crippen LogP contribution in [0, 0.1) is 0 Å². The van der Waals surface area contributed by atoms with Crippen LogP contribution >= 0.6 is 11.6 Å². The van der Waals surface area contributed by atoms with Gasteiger partial charge in [-0.2, -0.15) is 5.10 Å². The molecule has 0 fully saturated rings. The van der Waals surface area contributed by atoms with Crippen LogP contribution in [-0.4, -0.2) is 23.5 Å². The molecule has 0 aliphatic carbocycles. The van der Waals surface area contributed by atoms with Gasteiger partial charge in [0.05, 0.1) is 26.0 Å². The van der Waals surface area contributed by atoms with Crippen LogP contribution < -0.4 is 4.74 Å². The highest BCUT2D eigenvalue weighted by Gasteiger charge is 2.21. The number of benzene rings is 1. The van der Waals surface area contributed by atoms with Crippen molar-refractivity contribution in [1.82, 2.24) is 9.78 Å². The van der Waals surface area contributed by atoms with Crippen LogP contribution in [0.5, 0.6) is 5.75 Å². The van der Waals surface area contributed by atoms with Gasteiger partial charge in [-0.3, -0.25) is 0 Å². The van der Waals surface area contributed by atoms with Gasteiger partial charge in [-0.15, -0.1) is 0 Å². The second-order valence-corrected chi connectivity index (χ2v) is 4.46. The van der Waals surface area contributed by atoms with Crippen molar-refractivity contribution in [1.29, 1.82) is 0 Å². The first-order valence-electron chi connectivity index (χ1n) is 5.78. The Labute approximate surface area is 110 Å². The first-order valence-corrected chi connectivity index (χ1v) is 6.16. The summed E-state index contributed by atoms with van der Waals surface area (Å²) in [6.45, 7) is 1.23. The van der Waals surface area contributed by atoms with Crippen LogP contribution in [0.15, 0.2) is 24.3 Å². The fourth-order valence-electron chi connectivity index (χ4n) is 2.12. The van der Waals surface area contributed by atoms with E-state index in [1.54, 1.807) is 11.8 Å². The van der Waals surface area contributed by atoms with Crippen molar-refractivity contribution >= 4 is 11.6 Å². The first-order chi connectivity index (χ1) is 8.81. The molecule has 0 spiro atoms. The summed E-state index contributed by atoms with van der Waals surface area (Å²) in [6, 6.07) is 7.68. The second kappa shape index (κ2) is 4.63. The van der Waals surface area contributed by atoms with Gasteiger partial charge in [0.15, 0.2) is 0 Å². The van der Waals surface area contributed by atoms with Crippen molar-refractivity contribution in [3.8, 4) is 11.4 Å². The van der Waals surface area contributed by atoms with Gasteiger partial charge < -0.3 is 9.47 Å². The highest BCUT2D eigenvalue weighted by Crippen LogP contribution is 2.30. The molecule has 0 bridgehead atoms. The molecule has 5 heteroatoms. The number of methoxy groups -OCH3 is 1. The molecule has 0 atom stereocenters.